The van der Waals surface area contributed by atoms with Crippen LogP contribution in [0.3, 0.4) is 0 Å². The molecule has 0 radical (unpaired) electrons. The molecule has 0 saturated carbocycles. The summed E-state index contributed by atoms with van der Waals surface area (Å²) >= 11 is 0. The lowest BCUT2D eigenvalue weighted by atomic mass is 10.3. The van der Waals surface area contributed by atoms with Gasteiger partial charge in [0.25, 0.3) is 5.91 Å². The van der Waals surface area contributed by atoms with Gasteiger partial charge in [0, 0.05) is 13.2 Å². The molecule has 1 rings (SSSR count). The van der Waals surface area contributed by atoms with Crippen molar-refractivity contribution in [3.8, 4) is 5.88 Å². The van der Waals surface area contributed by atoms with Crippen molar-refractivity contribution in [1.82, 2.24) is 15.1 Å². The molecule has 0 aliphatic carbocycles. The van der Waals surface area contributed by atoms with Crippen LogP contribution in [0.15, 0.2) is 6.20 Å². The summed E-state index contributed by atoms with van der Waals surface area (Å²) in [7, 11) is 2.81. The summed E-state index contributed by atoms with van der Waals surface area (Å²) in [6.45, 7) is -1.39. The summed E-state index contributed by atoms with van der Waals surface area (Å²) < 4.78 is 41.6. The zero-order valence-electron chi connectivity index (χ0n) is 8.63. The molecule has 0 fully saturated rings. The number of aryl methyl sites for hydroxylation is 1. The number of hydrogen-bond donors (Lipinski definition) is 1. The van der Waals surface area contributed by atoms with E-state index in [1.165, 1.54) is 25.0 Å². The van der Waals surface area contributed by atoms with Crippen molar-refractivity contribution in [2.45, 2.75) is 6.18 Å². The highest BCUT2D eigenvalue weighted by molar-refractivity contribution is 5.96. The lowest BCUT2D eigenvalue weighted by Gasteiger charge is -2.07. The Morgan fingerprint density at radius 2 is 2.25 bits per heavy atom. The molecule has 16 heavy (non-hydrogen) atoms. The van der Waals surface area contributed by atoms with Crippen molar-refractivity contribution >= 4 is 5.91 Å². The lowest BCUT2D eigenvalue weighted by Crippen LogP contribution is -2.33. The first-order valence-electron chi connectivity index (χ1n) is 4.26. The van der Waals surface area contributed by atoms with Gasteiger partial charge in [-0.2, -0.15) is 13.2 Å². The van der Waals surface area contributed by atoms with Gasteiger partial charge in [-0.3, -0.25) is 9.48 Å². The van der Waals surface area contributed by atoms with Crippen LogP contribution in [0.4, 0.5) is 13.2 Å². The second-order valence-corrected chi connectivity index (χ2v) is 3.02. The third-order valence-corrected chi connectivity index (χ3v) is 1.68. The van der Waals surface area contributed by atoms with Gasteiger partial charge in [-0.25, -0.2) is 0 Å². The molecule has 0 saturated heterocycles. The predicted molar refractivity (Wildman–Crippen MR) is 48.1 cm³/mol. The van der Waals surface area contributed by atoms with Crippen LogP contribution in [0.25, 0.3) is 0 Å². The maximum atomic E-state index is 11.9. The van der Waals surface area contributed by atoms with Crippen LogP contribution in [-0.2, 0) is 7.05 Å². The summed E-state index contributed by atoms with van der Waals surface area (Å²) in [5, 5.41) is 5.48. The van der Waals surface area contributed by atoms with Crippen molar-refractivity contribution in [3.63, 3.8) is 0 Å². The van der Waals surface area contributed by atoms with Crippen molar-refractivity contribution in [1.29, 1.82) is 0 Å². The quantitative estimate of drug-likeness (QED) is 0.842. The van der Waals surface area contributed by atoms with E-state index in [9.17, 15) is 18.0 Å². The van der Waals surface area contributed by atoms with Crippen LogP contribution in [0.2, 0.25) is 0 Å². The molecule has 0 aromatic carbocycles. The topological polar surface area (TPSA) is 56.2 Å². The molecule has 0 bridgehead atoms. The maximum Gasteiger partial charge on any atom is 0.405 e. The standard InChI is InChI=1S/C8H10F3N3O2/c1-14-3-5(7(13-14)16-2)6(15)12-4-8(9,10)11/h3H,4H2,1-2H3,(H,12,15). The summed E-state index contributed by atoms with van der Waals surface area (Å²) in [4.78, 5) is 11.3. The largest absolute Gasteiger partial charge is 0.479 e. The molecule has 1 heterocycles. The van der Waals surface area contributed by atoms with E-state index < -0.39 is 18.6 Å². The number of methoxy groups -OCH3 is 1. The first-order chi connectivity index (χ1) is 7.33. The normalized spacial score (nSPS) is 11.3. The van der Waals surface area contributed by atoms with E-state index >= 15 is 0 Å². The summed E-state index contributed by atoms with van der Waals surface area (Å²) in [6.07, 6.45) is -3.16. The molecule has 90 valence electrons. The number of carbonyl (C=O) groups excluding carboxylic acids is 1. The average molecular weight is 237 g/mol. The van der Waals surface area contributed by atoms with Gasteiger partial charge >= 0.3 is 6.18 Å². The second kappa shape index (κ2) is 4.42. The number of carbonyl (C=O) groups is 1. The van der Waals surface area contributed by atoms with E-state index in [4.69, 9.17) is 4.74 Å². The molecule has 1 aromatic rings. The number of nitrogens with zero attached hydrogens (tertiary/aromatic N) is 2. The monoisotopic (exact) mass is 237 g/mol. The zero-order valence-corrected chi connectivity index (χ0v) is 8.63. The molecule has 0 aliphatic heterocycles. The minimum atomic E-state index is -4.44. The first-order valence-corrected chi connectivity index (χ1v) is 4.26. The van der Waals surface area contributed by atoms with Crippen LogP contribution in [0.1, 0.15) is 10.4 Å². The molecule has 0 aliphatic rings. The number of aromatic nitrogens is 2. The second-order valence-electron chi connectivity index (χ2n) is 3.02. The van der Waals surface area contributed by atoms with E-state index in [1.54, 1.807) is 5.32 Å². The van der Waals surface area contributed by atoms with E-state index in [-0.39, 0.29) is 11.4 Å². The summed E-state index contributed by atoms with van der Waals surface area (Å²) in [5.74, 6) is -0.885. The third-order valence-electron chi connectivity index (χ3n) is 1.68. The Labute approximate surface area is 89.2 Å². The van der Waals surface area contributed by atoms with Gasteiger partial charge in [0.05, 0.1) is 7.11 Å². The Morgan fingerprint density at radius 1 is 1.62 bits per heavy atom. The van der Waals surface area contributed by atoms with Gasteiger partial charge in [0.15, 0.2) is 0 Å². The van der Waals surface area contributed by atoms with Crippen LogP contribution >= 0.6 is 0 Å². The Morgan fingerprint density at radius 3 is 2.75 bits per heavy atom. The molecule has 0 spiro atoms. The van der Waals surface area contributed by atoms with Crippen molar-refractivity contribution in [2.75, 3.05) is 13.7 Å². The van der Waals surface area contributed by atoms with Gasteiger partial charge in [-0.05, 0) is 0 Å². The summed E-state index contributed by atoms with van der Waals surface area (Å²) in [5.41, 5.74) is -0.0331. The van der Waals surface area contributed by atoms with Gasteiger partial charge in [0.2, 0.25) is 5.88 Å². The minimum absolute atomic E-state index is 0.0119. The van der Waals surface area contributed by atoms with Gasteiger partial charge in [-0.15, -0.1) is 5.10 Å². The number of halogens is 3. The number of ether oxygens (including phenoxy) is 1. The number of alkyl halides is 3. The lowest BCUT2D eigenvalue weighted by molar-refractivity contribution is -0.123. The van der Waals surface area contributed by atoms with E-state index in [2.05, 4.69) is 5.10 Å². The third kappa shape index (κ3) is 3.14. The number of amides is 1. The molecule has 1 N–H and O–H groups in total. The first kappa shape index (κ1) is 12.3. The molecule has 5 nitrogen and oxygen atoms in total. The average Bonchev–Trinajstić information content (AvgIpc) is 2.55. The number of rotatable bonds is 3. The zero-order chi connectivity index (χ0) is 12.3. The Bertz CT molecular complexity index is 386. The van der Waals surface area contributed by atoms with Gasteiger partial charge in [-0.1, -0.05) is 0 Å². The number of nitrogens with one attached hydrogen (secondary N) is 1. The fraction of sp³-hybridized carbons (Fsp3) is 0.500. The van der Waals surface area contributed by atoms with Crippen molar-refractivity contribution in [3.05, 3.63) is 11.8 Å². The Balaban J connectivity index is 2.73. The van der Waals surface area contributed by atoms with Gasteiger partial charge in [0.1, 0.15) is 12.1 Å². The molecule has 0 unspecified atom stereocenters. The maximum absolute atomic E-state index is 11.9. The fourth-order valence-corrected chi connectivity index (χ4v) is 1.05. The number of hydrogen-bond acceptors (Lipinski definition) is 3. The molecule has 8 heteroatoms. The minimum Gasteiger partial charge on any atom is -0.479 e. The molecule has 1 amide bonds. The van der Waals surface area contributed by atoms with Gasteiger partial charge < -0.3 is 10.1 Å². The van der Waals surface area contributed by atoms with Crippen molar-refractivity contribution in [2.24, 2.45) is 7.05 Å². The Kier molecular flexibility index (Phi) is 3.41. The van der Waals surface area contributed by atoms with Crippen molar-refractivity contribution < 1.29 is 22.7 Å². The molecule has 1 aromatic heterocycles. The van der Waals surface area contributed by atoms with Crippen LogP contribution in [0.5, 0.6) is 5.88 Å². The van der Waals surface area contributed by atoms with E-state index in [0.717, 1.165) is 0 Å². The fourth-order valence-electron chi connectivity index (χ4n) is 1.05. The highest BCUT2D eigenvalue weighted by atomic mass is 19.4. The highest BCUT2D eigenvalue weighted by Crippen LogP contribution is 2.16. The molecule has 0 atom stereocenters. The van der Waals surface area contributed by atoms with Crippen LogP contribution in [-0.4, -0.2) is 35.5 Å². The molecular weight excluding hydrogens is 227 g/mol. The molecular formula is C8H10F3N3O2. The Hall–Kier alpha value is -1.73. The highest BCUT2D eigenvalue weighted by Gasteiger charge is 2.28. The smallest absolute Gasteiger partial charge is 0.405 e. The SMILES string of the molecule is COc1nn(C)cc1C(=O)NCC(F)(F)F. The van der Waals surface area contributed by atoms with Crippen LogP contribution in [0, 0.1) is 0 Å². The van der Waals surface area contributed by atoms with Crippen LogP contribution < -0.4 is 10.1 Å². The van der Waals surface area contributed by atoms with E-state index in [1.807, 2.05) is 0 Å². The predicted octanol–water partition coefficient (Wildman–Crippen LogP) is 0.721. The summed E-state index contributed by atoms with van der Waals surface area (Å²) in [6, 6.07) is 0. The van der Waals surface area contributed by atoms with E-state index in [0.29, 0.717) is 0 Å².